The van der Waals surface area contributed by atoms with Gasteiger partial charge >= 0.3 is 0 Å². The van der Waals surface area contributed by atoms with Crippen LogP contribution in [0.3, 0.4) is 0 Å². The summed E-state index contributed by atoms with van der Waals surface area (Å²) in [4.78, 5) is 0. The van der Waals surface area contributed by atoms with E-state index in [1.54, 1.807) is 13.8 Å². The predicted molar refractivity (Wildman–Crippen MR) is 45.1 cm³/mol. The number of rotatable bonds is 0. The second kappa shape index (κ2) is 10.8. The standard InChI is InChI=1S/C3H10N2.2C2H6/c1-3(2,4)5;2*1-2/h4-5H2,1-2H3;2*1-2H3. The molecule has 0 aromatic rings. The molecule has 0 radical (unpaired) electrons. The fourth-order valence-corrected chi connectivity index (χ4v) is 0. The van der Waals surface area contributed by atoms with Crippen LogP contribution in [0, 0.1) is 0 Å². The molecule has 0 spiro atoms. The first kappa shape index (κ1) is 16.0. The quantitative estimate of drug-likeness (QED) is 0.495. The average Bonchev–Trinajstić information content (AvgIpc) is 1.72. The Balaban J connectivity index is -0.0000000771. The molecular formula is C7H22N2. The van der Waals surface area contributed by atoms with Gasteiger partial charge in [-0.1, -0.05) is 27.7 Å². The van der Waals surface area contributed by atoms with Crippen LogP contribution in [0.2, 0.25) is 0 Å². The molecule has 0 aliphatic rings. The van der Waals surface area contributed by atoms with Crippen molar-refractivity contribution in [2.24, 2.45) is 11.5 Å². The Bertz CT molecular complexity index is 22.4. The number of hydrogen-bond acceptors (Lipinski definition) is 2. The Labute approximate surface area is 59.6 Å². The van der Waals surface area contributed by atoms with Gasteiger partial charge in [-0.05, 0) is 13.8 Å². The van der Waals surface area contributed by atoms with E-state index >= 15 is 0 Å². The van der Waals surface area contributed by atoms with Gasteiger partial charge in [-0.2, -0.15) is 0 Å². The molecule has 0 heterocycles. The molecule has 9 heavy (non-hydrogen) atoms. The first-order valence-corrected chi connectivity index (χ1v) is 3.58. The Kier molecular flexibility index (Phi) is 19.2. The maximum Gasteiger partial charge on any atom is 0.0578 e. The van der Waals surface area contributed by atoms with Crippen LogP contribution in [0.5, 0.6) is 0 Å². The minimum atomic E-state index is -0.500. The van der Waals surface area contributed by atoms with Gasteiger partial charge < -0.3 is 11.5 Å². The molecule has 0 bridgehead atoms. The molecular weight excluding hydrogens is 112 g/mol. The summed E-state index contributed by atoms with van der Waals surface area (Å²) in [6.45, 7) is 11.5. The molecule has 0 fully saturated rings. The molecule has 0 aliphatic carbocycles. The molecule has 2 nitrogen and oxygen atoms in total. The van der Waals surface area contributed by atoms with Crippen LogP contribution in [-0.4, -0.2) is 5.66 Å². The third kappa shape index (κ3) is 43400. The molecule has 0 amide bonds. The van der Waals surface area contributed by atoms with Gasteiger partial charge in [-0.3, -0.25) is 0 Å². The summed E-state index contributed by atoms with van der Waals surface area (Å²) in [6, 6.07) is 0. The van der Waals surface area contributed by atoms with E-state index in [9.17, 15) is 0 Å². The zero-order valence-electron chi connectivity index (χ0n) is 7.65. The van der Waals surface area contributed by atoms with Crippen LogP contribution in [-0.2, 0) is 0 Å². The molecule has 4 N–H and O–H groups in total. The third-order valence-electron chi connectivity index (χ3n) is 0. The Morgan fingerprint density at radius 1 is 0.778 bits per heavy atom. The van der Waals surface area contributed by atoms with E-state index in [-0.39, 0.29) is 0 Å². The van der Waals surface area contributed by atoms with Gasteiger partial charge in [0.2, 0.25) is 0 Å². The SMILES string of the molecule is CC.CC.CC(C)(N)N. The van der Waals surface area contributed by atoms with Crippen molar-refractivity contribution in [2.75, 3.05) is 0 Å². The lowest BCUT2D eigenvalue weighted by atomic mass is 10.3. The summed E-state index contributed by atoms with van der Waals surface area (Å²) in [5, 5.41) is 0. The van der Waals surface area contributed by atoms with Crippen molar-refractivity contribution in [3.63, 3.8) is 0 Å². The van der Waals surface area contributed by atoms with Gasteiger partial charge in [-0.25, -0.2) is 0 Å². The Morgan fingerprint density at radius 2 is 0.778 bits per heavy atom. The highest BCUT2D eigenvalue weighted by Gasteiger charge is 1.95. The van der Waals surface area contributed by atoms with Crippen LogP contribution in [0.1, 0.15) is 41.5 Å². The van der Waals surface area contributed by atoms with Crippen molar-refractivity contribution in [1.82, 2.24) is 0 Å². The highest BCUT2D eigenvalue weighted by molar-refractivity contribution is 4.57. The van der Waals surface area contributed by atoms with Crippen LogP contribution < -0.4 is 11.5 Å². The molecule has 2 heteroatoms. The molecule has 60 valence electrons. The molecule has 0 rings (SSSR count). The van der Waals surface area contributed by atoms with Gasteiger partial charge in [-0.15, -0.1) is 0 Å². The minimum absolute atomic E-state index is 0.500. The van der Waals surface area contributed by atoms with Crippen molar-refractivity contribution in [3.05, 3.63) is 0 Å². The maximum atomic E-state index is 5.13. The maximum absolute atomic E-state index is 5.13. The monoisotopic (exact) mass is 134 g/mol. The molecule has 0 saturated heterocycles. The van der Waals surface area contributed by atoms with Crippen molar-refractivity contribution in [2.45, 2.75) is 47.2 Å². The summed E-state index contributed by atoms with van der Waals surface area (Å²) in [6.07, 6.45) is 0. The van der Waals surface area contributed by atoms with E-state index in [1.165, 1.54) is 0 Å². The zero-order chi connectivity index (χ0) is 8.50. The van der Waals surface area contributed by atoms with Crippen molar-refractivity contribution in [3.8, 4) is 0 Å². The predicted octanol–water partition coefficient (Wildman–Crippen LogP) is 1.69. The van der Waals surface area contributed by atoms with E-state index in [0.717, 1.165) is 0 Å². The van der Waals surface area contributed by atoms with Gasteiger partial charge in [0.1, 0.15) is 0 Å². The molecule has 0 aromatic carbocycles. The Morgan fingerprint density at radius 3 is 0.778 bits per heavy atom. The molecule has 0 unspecified atom stereocenters. The Hall–Kier alpha value is -0.0800. The highest BCUT2D eigenvalue weighted by Crippen LogP contribution is 1.76. The smallest absolute Gasteiger partial charge is 0.0578 e. The summed E-state index contributed by atoms with van der Waals surface area (Å²) in [5.41, 5.74) is 9.76. The lowest BCUT2D eigenvalue weighted by Crippen LogP contribution is -2.42. The summed E-state index contributed by atoms with van der Waals surface area (Å²) < 4.78 is 0. The fraction of sp³-hybridized carbons (Fsp3) is 1.00. The number of nitrogens with two attached hydrogens (primary N) is 2. The third-order valence-corrected chi connectivity index (χ3v) is 0. The van der Waals surface area contributed by atoms with Crippen molar-refractivity contribution >= 4 is 0 Å². The van der Waals surface area contributed by atoms with Crippen molar-refractivity contribution in [1.29, 1.82) is 0 Å². The molecule has 0 aromatic heterocycles. The van der Waals surface area contributed by atoms with Gasteiger partial charge in [0.15, 0.2) is 0 Å². The van der Waals surface area contributed by atoms with Crippen LogP contribution in [0.25, 0.3) is 0 Å². The first-order valence-electron chi connectivity index (χ1n) is 3.58. The lowest BCUT2D eigenvalue weighted by molar-refractivity contribution is 0.547. The van der Waals surface area contributed by atoms with Crippen LogP contribution >= 0.6 is 0 Å². The second-order valence-electron chi connectivity index (χ2n) is 1.82. The van der Waals surface area contributed by atoms with Crippen molar-refractivity contribution < 1.29 is 0 Å². The normalized spacial score (nSPS) is 8.00. The van der Waals surface area contributed by atoms with Crippen LogP contribution in [0.4, 0.5) is 0 Å². The van der Waals surface area contributed by atoms with Gasteiger partial charge in [0.05, 0.1) is 5.66 Å². The second-order valence-corrected chi connectivity index (χ2v) is 1.82. The average molecular weight is 134 g/mol. The van der Waals surface area contributed by atoms with Crippen LogP contribution in [0.15, 0.2) is 0 Å². The van der Waals surface area contributed by atoms with Gasteiger partial charge in [0.25, 0.3) is 0 Å². The number of hydrogen-bond donors (Lipinski definition) is 2. The minimum Gasteiger partial charge on any atom is -0.314 e. The van der Waals surface area contributed by atoms with E-state index in [0.29, 0.717) is 0 Å². The topological polar surface area (TPSA) is 52.0 Å². The van der Waals surface area contributed by atoms with Gasteiger partial charge in [0, 0.05) is 0 Å². The molecule has 0 saturated carbocycles. The largest absolute Gasteiger partial charge is 0.314 e. The first-order chi connectivity index (χ1) is 4.00. The summed E-state index contributed by atoms with van der Waals surface area (Å²) >= 11 is 0. The summed E-state index contributed by atoms with van der Waals surface area (Å²) in [5.74, 6) is 0. The van der Waals surface area contributed by atoms with E-state index in [2.05, 4.69) is 0 Å². The van der Waals surface area contributed by atoms with E-state index in [4.69, 9.17) is 11.5 Å². The zero-order valence-corrected chi connectivity index (χ0v) is 7.65. The molecule has 0 atom stereocenters. The fourth-order valence-electron chi connectivity index (χ4n) is 0. The molecule has 0 aliphatic heterocycles. The highest BCUT2D eigenvalue weighted by atomic mass is 14.9. The van der Waals surface area contributed by atoms with E-state index in [1.807, 2.05) is 27.7 Å². The lowest BCUT2D eigenvalue weighted by Gasteiger charge is -2.07. The summed E-state index contributed by atoms with van der Waals surface area (Å²) in [7, 11) is 0. The van der Waals surface area contributed by atoms with E-state index < -0.39 is 5.66 Å².